The quantitative estimate of drug-likeness (QED) is 0.610. The van der Waals surface area contributed by atoms with E-state index in [4.69, 9.17) is 4.99 Å². The van der Waals surface area contributed by atoms with Crippen LogP contribution < -0.4 is 0 Å². The molecule has 0 aromatic heterocycles. The highest BCUT2D eigenvalue weighted by atomic mass is 14.7. The summed E-state index contributed by atoms with van der Waals surface area (Å²) in [7, 11) is 0. The molecule has 0 heterocycles. The lowest BCUT2D eigenvalue weighted by atomic mass is 9.82. The molecular weight excluding hydrogens is 266 g/mol. The summed E-state index contributed by atoms with van der Waals surface area (Å²) < 4.78 is 0. The zero-order valence-corrected chi connectivity index (χ0v) is 13.9. The van der Waals surface area contributed by atoms with Gasteiger partial charge in [-0.3, -0.25) is 4.99 Å². The van der Waals surface area contributed by atoms with Crippen LogP contribution in [0.3, 0.4) is 0 Å². The van der Waals surface area contributed by atoms with Crippen molar-refractivity contribution < 1.29 is 0 Å². The second-order valence-electron chi connectivity index (χ2n) is 6.36. The Labute approximate surface area is 133 Å². The average molecular weight is 289 g/mol. The van der Waals surface area contributed by atoms with Crippen molar-refractivity contribution >= 4 is 11.4 Å². The molecule has 0 aliphatic heterocycles. The summed E-state index contributed by atoms with van der Waals surface area (Å²) >= 11 is 0. The van der Waals surface area contributed by atoms with Gasteiger partial charge in [-0.25, -0.2) is 0 Å². The molecule has 0 saturated carbocycles. The maximum atomic E-state index is 4.80. The van der Waals surface area contributed by atoms with Gasteiger partial charge in [0, 0.05) is 11.1 Å². The lowest BCUT2D eigenvalue weighted by Gasteiger charge is -2.21. The zero-order valence-electron chi connectivity index (χ0n) is 13.9. The molecule has 0 bridgehead atoms. The SMILES string of the molecule is CC=CC(CC)=Nc1ccc2c(c1)C(C)(C)c1ccccc1-2. The second-order valence-corrected chi connectivity index (χ2v) is 6.36. The summed E-state index contributed by atoms with van der Waals surface area (Å²) in [6.45, 7) is 8.79. The molecule has 0 N–H and O–H groups in total. The van der Waals surface area contributed by atoms with E-state index in [0.717, 1.165) is 17.8 Å². The van der Waals surface area contributed by atoms with E-state index in [1.807, 2.05) is 6.92 Å². The first-order chi connectivity index (χ1) is 10.6. The Morgan fingerprint density at radius 2 is 1.77 bits per heavy atom. The average Bonchev–Trinajstić information content (AvgIpc) is 2.76. The molecule has 0 amide bonds. The number of hydrogen-bond donors (Lipinski definition) is 0. The third-order valence-electron chi connectivity index (χ3n) is 4.56. The van der Waals surface area contributed by atoms with Crippen LogP contribution in [0, 0.1) is 0 Å². The standard InChI is InChI=1S/C21H23N/c1-5-9-15(6-2)22-16-12-13-18-17-10-7-8-11-19(17)21(3,4)20(18)14-16/h5,7-14H,6H2,1-4H3. The molecule has 2 aromatic rings. The van der Waals surface area contributed by atoms with E-state index in [2.05, 4.69) is 75.4 Å². The van der Waals surface area contributed by atoms with Crippen molar-refractivity contribution in [1.29, 1.82) is 0 Å². The van der Waals surface area contributed by atoms with Crippen molar-refractivity contribution in [3.05, 3.63) is 65.7 Å². The normalized spacial score (nSPS) is 15.9. The maximum absolute atomic E-state index is 4.80. The fourth-order valence-corrected chi connectivity index (χ4v) is 3.35. The molecule has 1 aliphatic rings. The van der Waals surface area contributed by atoms with Gasteiger partial charge in [0.25, 0.3) is 0 Å². The largest absolute Gasteiger partial charge is 0.253 e. The van der Waals surface area contributed by atoms with E-state index in [0.29, 0.717) is 0 Å². The fourth-order valence-electron chi connectivity index (χ4n) is 3.35. The molecule has 0 radical (unpaired) electrons. The van der Waals surface area contributed by atoms with Gasteiger partial charge in [-0.05, 0) is 53.8 Å². The Kier molecular flexibility index (Phi) is 3.74. The van der Waals surface area contributed by atoms with Gasteiger partial charge >= 0.3 is 0 Å². The maximum Gasteiger partial charge on any atom is 0.0636 e. The van der Waals surface area contributed by atoms with Crippen molar-refractivity contribution in [2.45, 2.75) is 39.5 Å². The Morgan fingerprint density at radius 1 is 1.05 bits per heavy atom. The monoisotopic (exact) mass is 289 g/mol. The van der Waals surface area contributed by atoms with Crippen LogP contribution >= 0.6 is 0 Å². The number of hydrogen-bond acceptors (Lipinski definition) is 1. The molecule has 0 atom stereocenters. The second kappa shape index (κ2) is 5.57. The van der Waals surface area contributed by atoms with Gasteiger partial charge in [0.2, 0.25) is 0 Å². The van der Waals surface area contributed by atoms with Crippen LogP contribution in [0.2, 0.25) is 0 Å². The first kappa shape index (κ1) is 14.8. The Balaban J connectivity index is 2.12. The number of benzene rings is 2. The smallest absolute Gasteiger partial charge is 0.0636 e. The number of nitrogens with zero attached hydrogens (tertiary/aromatic N) is 1. The molecule has 0 fully saturated rings. The van der Waals surface area contributed by atoms with Crippen LogP contribution in [0.1, 0.15) is 45.2 Å². The Hall–Kier alpha value is -2.15. The molecule has 1 aliphatic carbocycles. The van der Waals surface area contributed by atoms with Gasteiger partial charge < -0.3 is 0 Å². The zero-order chi connectivity index (χ0) is 15.7. The Morgan fingerprint density at radius 3 is 2.50 bits per heavy atom. The minimum absolute atomic E-state index is 0.0461. The summed E-state index contributed by atoms with van der Waals surface area (Å²) in [6, 6.07) is 15.3. The van der Waals surface area contributed by atoms with Crippen molar-refractivity contribution in [3.8, 4) is 11.1 Å². The molecule has 2 aromatic carbocycles. The molecule has 0 unspecified atom stereocenters. The van der Waals surface area contributed by atoms with Crippen LogP contribution in [0.5, 0.6) is 0 Å². The van der Waals surface area contributed by atoms with Gasteiger partial charge in [0.05, 0.1) is 5.69 Å². The topological polar surface area (TPSA) is 12.4 Å². The van der Waals surface area contributed by atoms with Crippen molar-refractivity contribution in [3.63, 3.8) is 0 Å². The van der Waals surface area contributed by atoms with Gasteiger partial charge in [-0.15, -0.1) is 0 Å². The van der Waals surface area contributed by atoms with E-state index in [-0.39, 0.29) is 5.41 Å². The van der Waals surface area contributed by atoms with E-state index >= 15 is 0 Å². The number of aliphatic imine (C=N–C) groups is 1. The fraction of sp³-hybridized carbons (Fsp3) is 0.286. The van der Waals surface area contributed by atoms with Crippen LogP contribution in [0.4, 0.5) is 5.69 Å². The van der Waals surface area contributed by atoms with Gasteiger partial charge in [-0.2, -0.15) is 0 Å². The van der Waals surface area contributed by atoms with E-state index in [9.17, 15) is 0 Å². The van der Waals surface area contributed by atoms with Crippen LogP contribution in [0.25, 0.3) is 11.1 Å². The van der Waals surface area contributed by atoms with E-state index in [1.54, 1.807) is 0 Å². The lowest BCUT2D eigenvalue weighted by molar-refractivity contribution is 0.660. The van der Waals surface area contributed by atoms with Crippen molar-refractivity contribution in [1.82, 2.24) is 0 Å². The van der Waals surface area contributed by atoms with E-state index in [1.165, 1.54) is 22.3 Å². The lowest BCUT2D eigenvalue weighted by Crippen LogP contribution is -2.14. The highest BCUT2D eigenvalue weighted by Crippen LogP contribution is 2.49. The van der Waals surface area contributed by atoms with Gasteiger partial charge in [0.1, 0.15) is 0 Å². The molecule has 22 heavy (non-hydrogen) atoms. The van der Waals surface area contributed by atoms with Crippen LogP contribution in [-0.2, 0) is 5.41 Å². The molecule has 112 valence electrons. The first-order valence-corrected chi connectivity index (χ1v) is 8.02. The third-order valence-corrected chi connectivity index (χ3v) is 4.56. The highest BCUT2D eigenvalue weighted by Gasteiger charge is 2.35. The van der Waals surface area contributed by atoms with Gasteiger partial charge in [0.15, 0.2) is 0 Å². The van der Waals surface area contributed by atoms with Crippen LogP contribution in [-0.4, -0.2) is 5.71 Å². The minimum atomic E-state index is 0.0461. The van der Waals surface area contributed by atoms with Crippen molar-refractivity contribution in [2.75, 3.05) is 0 Å². The highest BCUT2D eigenvalue weighted by molar-refractivity contribution is 5.96. The molecule has 3 rings (SSSR count). The Bertz CT molecular complexity index is 763. The number of rotatable bonds is 3. The molecule has 1 heteroatoms. The number of fused-ring (bicyclic) bond motifs is 3. The predicted octanol–water partition coefficient (Wildman–Crippen LogP) is 6.05. The summed E-state index contributed by atoms with van der Waals surface area (Å²) in [5.74, 6) is 0. The molecular formula is C21H23N. The summed E-state index contributed by atoms with van der Waals surface area (Å²) in [5, 5.41) is 0. The third kappa shape index (κ3) is 2.31. The molecule has 0 spiro atoms. The molecule has 1 nitrogen and oxygen atoms in total. The van der Waals surface area contributed by atoms with E-state index < -0.39 is 0 Å². The predicted molar refractivity (Wildman–Crippen MR) is 96.2 cm³/mol. The summed E-state index contributed by atoms with van der Waals surface area (Å²) in [6.07, 6.45) is 5.09. The summed E-state index contributed by atoms with van der Waals surface area (Å²) in [4.78, 5) is 4.80. The van der Waals surface area contributed by atoms with Crippen LogP contribution in [0.15, 0.2) is 59.6 Å². The van der Waals surface area contributed by atoms with Crippen molar-refractivity contribution in [2.24, 2.45) is 4.99 Å². The summed E-state index contributed by atoms with van der Waals surface area (Å²) in [5.41, 5.74) is 7.72. The molecule has 0 saturated heterocycles. The minimum Gasteiger partial charge on any atom is -0.253 e. The van der Waals surface area contributed by atoms with Gasteiger partial charge in [-0.1, -0.05) is 57.2 Å². The number of allylic oxidation sites excluding steroid dienone is 2. The first-order valence-electron chi connectivity index (χ1n) is 8.02.